The Bertz CT molecular complexity index is 1560. The number of rotatable bonds is 12. The van der Waals surface area contributed by atoms with Gasteiger partial charge < -0.3 is 20.1 Å². The third-order valence-corrected chi connectivity index (χ3v) is 9.03. The van der Waals surface area contributed by atoms with Crippen LogP contribution in [0.1, 0.15) is 12.5 Å². The Morgan fingerprint density at radius 3 is 2.42 bits per heavy atom. The number of nitrogens with one attached hydrogen (secondary N) is 3. The first-order valence-corrected chi connectivity index (χ1v) is 15.7. The van der Waals surface area contributed by atoms with E-state index in [-0.39, 0.29) is 29.6 Å². The van der Waals surface area contributed by atoms with Crippen molar-refractivity contribution in [3.8, 4) is 0 Å². The van der Waals surface area contributed by atoms with Crippen LogP contribution in [-0.2, 0) is 35.8 Å². The van der Waals surface area contributed by atoms with Gasteiger partial charge in [0.1, 0.15) is 9.84 Å². The maximum absolute atomic E-state index is 13.3. The zero-order valence-electron chi connectivity index (χ0n) is 22.5. The van der Waals surface area contributed by atoms with Crippen LogP contribution in [0.5, 0.6) is 0 Å². The van der Waals surface area contributed by atoms with Crippen LogP contribution in [0.2, 0.25) is 0 Å². The number of methoxy groups -OCH3 is 1. The molecular formula is C25H33N5O8S2. The minimum atomic E-state index is -4.10. The number of ether oxygens (including phenoxy) is 1. The van der Waals surface area contributed by atoms with Gasteiger partial charge in [-0.15, -0.1) is 0 Å². The van der Waals surface area contributed by atoms with Crippen LogP contribution in [0.25, 0.3) is 11.0 Å². The number of aliphatic hydroxyl groups is 1. The minimum Gasteiger partial charge on any atom is -0.453 e. The van der Waals surface area contributed by atoms with Gasteiger partial charge in [-0.25, -0.2) is 26.6 Å². The number of fused-ring (bicyclic) bond motifs is 1. The average molecular weight is 596 g/mol. The lowest BCUT2D eigenvalue weighted by molar-refractivity contribution is -0.125. The number of aromatic nitrogens is 2. The van der Waals surface area contributed by atoms with E-state index in [1.807, 2.05) is 6.07 Å². The molecule has 0 aliphatic rings. The molecule has 15 heteroatoms. The monoisotopic (exact) mass is 595 g/mol. The summed E-state index contributed by atoms with van der Waals surface area (Å²) in [4.78, 5) is 31.1. The Kier molecular flexibility index (Phi) is 9.89. The molecule has 40 heavy (non-hydrogen) atoms. The summed E-state index contributed by atoms with van der Waals surface area (Å²) >= 11 is 0. The van der Waals surface area contributed by atoms with Crippen LogP contribution in [0, 0.1) is 5.92 Å². The molecule has 3 rings (SSSR count). The standard InChI is InChI=1S/C25H33N5O8S2/c1-16(15-39(4,34)35)23(32)26-21(12-17-8-6-5-7-9-17)22(31)14-30(2)40(36,37)18-10-11-19-20(13-18)28-24(27-19)29-25(33)38-3/h5-11,13,16,21-22,31H,12,14-15H2,1-4H3,(H,26,32)(H2,27,28,29,33)/t16?,21-,22?/m0/s1. The smallest absolute Gasteiger partial charge is 0.413 e. The van der Waals surface area contributed by atoms with E-state index in [1.54, 1.807) is 24.3 Å². The number of sulfone groups is 1. The number of hydrogen-bond acceptors (Lipinski definition) is 9. The maximum atomic E-state index is 13.3. The number of hydrogen-bond donors (Lipinski definition) is 4. The maximum Gasteiger partial charge on any atom is 0.413 e. The van der Waals surface area contributed by atoms with E-state index < -0.39 is 49.9 Å². The van der Waals surface area contributed by atoms with Crippen molar-refractivity contribution in [3.63, 3.8) is 0 Å². The number of carbonyl (C=O) groups excluding carboxylic acids is 2. The molecule has 0 aliphatic carbocycles. The van der Waals surface area contributed by atoms with Gasteiger partial charge in [0.2, 0.25) is 21.9 Å². The van der Waals surface area contributed by atoms with Gasteiger partial charge in [-0.3, -0.25) is 10.1 Å². The second-order valence-electron chi connectivity index (χ2n) is 9.53. The van der Waals surface area contributed by atoms with Gasteiger partial charge in [-0.1, -0.05) is 37.3 Å². The number of nitrogens with zero attached hydrogens (tertiary/aromatic N) is 2. The second-order valence-corrected chi connectivity index (χ2v) is 13.8. The Morgan fingerprint density at radius 2 is 1.80 bits per heavy atom. The number of anilines is 1. The van der Waals surface area contributed by atoms with Gasteiger partial charge in [-0.2, -0.15) is 4.31 Å². The van der Waals surface area contributed by atoms with Gasteiger partial charge in [0.05, 0.1) is 40.9 Å². The highest BCUT2D eigenvalue weighted by Crippen LogP contribution is 2.22. The third-order valence-electron chi connectivity index (χ3n) is 6.10. The number of aliphatic hydroxyl groups excluding tert-OH is 1. The summed E-state index contributed by atoms with van der Waals surface area (Å²) in [5.74, 6) is -1.74. The summed E-state index contributed by atoms with van der Waals surface area (Å²) in [5.41, 5.74) is 1.53. The zero-order chi connectivity index (χ0) is 29.7. The first kappa shape index (κ1) is 31.0. The lowest BCUT2D eigenvalue weighted by Crippen LogP contribution is -2.51. The second kappa shape index (κ2) is 12.8. The number of imidazole rings is 1. The van der Waals surface area contributed by atoms with Crippen molar-refractivity contribution in [1.29, 1.82) is 0 Å². The molecule has 218 valence electrons. The molecule has 3 atom stereocenters. The molecule has 3 aromatic rings. The summed E-state index contributed by atoms with van der Waals surface area (Å²) in [7, 11) is -5.02. The van der Waals surface area contributed by atoms with Crippen LogP contribution in [0.3, 0.4) is 0 Å². The van der Waals surface area contributed by atoms with E-state index in [1.165, 1.54) is 39.3 Å². The fourth-order valence-electron chi connectivity index (χ4n) is 4.03. The highest BCUT2D eigenvalue weighted by atomic mass is 32.2. The highest BCUT2D eigenvalue weighted by molar-refractivity contribution is 7.90. The Hall–Kier alpha value is -3.53. The number of carbonyl (C=O) groups is 2. The average Bonchev–Trinajstić information content (AvgIpc) is 3.29. The Labute approximate surface area is 232 Å². The Balaban J connectivity index is 1.79. The molecule has 1 aromatic heterocycles. The fraction of sp³-hybridized carbons (Fsp3) is 0.400. The topological polar surface area (TPSA) is 188 Å². The molecule has 0 saturated carbocycles. The summed E-state index contributed by atoms with van der Waals surface area (Å²) in [6.45, 7) is 1.10. The summed E-state index contributed by atoms with van der Waals surface area (Å²) < 4.78 is 55.5. The zero-order valence-corrected chi connectivity index (χ0v) is 24.1. The lowest BCUT2D eigenvalue weighted by Gasteiger charge is -2.29. The molecule has 2 aromatic carbocycles. The number of likely N-dealkylation sites (N-methyl/N-ethyl adjacent to an activating group) is 1. The first-order valence-electron chi connectivity index (χ1n) is 12.2. The molecule has 2 amide bonds. The first-order chi connectivity index (χ1) is 18.7. The van der Waals surface area contributed by atoms with Gasteiger partial charge in [0.15, 0.2) is 0 Å². The lowest BCUT2D eigenvalue weighted by atomic mass is 10.00. The quantitative estimate of drug-likeness (QED) is 0.238. The van der Waals surface area contributed by atoms with E-state index in [4.69, 9.17) is 0 Å². The van der Waals surface area contributed by atoms with Gasteiger partial charge >= 0.3 is 6.09 Å². The highest BCUT2D eigenvalue weighted by Gasteiger charge is 2.30. The van der Waals surface area contributed by atoms with E-state index in [9.17, 15) is 31.5 Å². The van der Waals surface area contributed by atoms with Crippen molar-refractivity contribution in [3.05, 3.63) is 54.1 Å². The molecule has 0 aliphatic heterocycles. The van der Waals surface area contributed by atoms with Crippen molar-refractivity contribution >= 4 is 48.8 Å². The van der Waals surface area contributed by atoms with E-state index >= 15 is 0 Å². The normalized spacial score (nSPS) is 14.4. The van der Waals surface area contributed by atoms with E-state index in [2.05, 4.69) is 25.3 Å². The number of benzene rings is 2. The number of sulfonamides is 1. The molecule has 2 unspecified atom stereocenters. The van der Waals surface area contributed by atoms with Crippen LogP contribution < -0.4 is 10.6 Å². The SMILES string of the molecule is COC(=O)Nc1nc2ccc(S(=O)(=O)N(C)CC(O)[C@H](Cc3ccccc3)NC(=O)C(C)CS(C)(=O)=O)cc2[nH]1. The van der Waals surface area contributed by atoms with E-state index in [0.29, 0.717) is 11.0 Å². The van der Waals surface area contributed by atoms with Gasteiger partial charge in [0.25, 0.3) is 0 Å². The predicted octanol–water partition coefficient (Wildman–Crippen LogP) is 1.13. The third kappa shape index (κ3) is 8.24. The summed E-state index contributed by atoms with van der Waals surface area (Å²) in [6, 6.07) is 12.3. The van der Waals surface area contributed by atoms with Crippen molar-refractivity contribution in [2.45, 2.75) is 30.4 Å². The molecule has 0 fully saturated rings. The number of H-pyrrole nitrogens is 1. The van der Waals surface area contributed by atoms with Crippen molar-refractivity contribution < 1.29 is 36.3 Å². The molecule has 13 nitrogen and oxygen atoms in total. The Morgan fingerprint density at radius 1 is 1.12 bits per heavy atom. The van der Waals surface area contributed by atoms with Gasteiger partial charge in [0, 0.05) is 25.8 Å². The largest absolute Gasteiger partial charge is 0.453 e. The number of aromatic amines is 1. The van der Waals surface area contributed by atoms with Crippen LogP contribution >= 0.6 is 0 Å². The summed E-state index contributed by atoms with van der Waals surface area (Å²) in [6.07, 6.45) is -0.864. The van der Waals surface area contributed by atoms with E-state index in [0.717, 1.165) is 16.1 Å². The molecular weight excluding hydrogens is 562 g/mol. The molecule has 4 N–H and O–H groups in total. The minimum absolute atomic E-state index is 0.0739. The van der Waals surface area contributed by atoms with Crippen molar-refractivity contribution in [1.82, 2.24) is 19.6 Å². The van der Waals surface area contributed by atoms with Crippen molar-refractivity contribution in [2.24, 2.45) is 5.92 Å². The molecule has 0 spiro atoms. The fourth-order valence-corrected chi connectivity index (χ4v) is 6.31. The van der Waals surface area contributed by atoms with Gasteiger partial charge in [-0.05, 0) is 30.2 Å². The van der Waals surface area contributed by atoms with Crippen LogP contribution in [0.15, 0.2) is 53.4 Å². The van der Waals surface area contributed by atoms with Crippen molar-refractivity contribution in [2.75, 3.05) is 38.0 Å². The molecule has 1 heterocycles. The van der Waals surface area contributed by atoms with Crippen LogP contribution in [0.4, 0.5) is 10.7 Å². The predicted molar refractivity (Wildman–Crippen MR) is 149 cm³/mol. The molecule has 0 radical (unpaired) electrons. The summed E-state index contributed by atoms with van der Waals surface area (Å²) in [5, 5.41) is 16.2. The van der Waals surface area contributed by atoms with Crippen LogP contribution in [-0.4, -0.2) is 93.1 Å². The number of amides is 2. The molecule has 0 bridgehead atoms. The molecule has 0 saturated heterocycles.